The van der Waals surface area contributed by atoms with Gasteiger partial charge in [-0.05, 0) is 162 Å². The fourth-order valence-corrected chi connectivity index (χ4v) is 12.7. The molecule has 358 valence electrons. The number of fused-ring (bicyclic) bond motifs is 11. The summed E-state index contributed by atoms with van der Waals surface area (Å²) in [5.41, 5.74) is 26.4. The first kappa shape index (κ1) is 45.3. The molecule has 0 saturated heterocycles. The van der Waals surface area contributed by atoms with E-state index in [1.54, 1.807) is 0 Å². The minimum absolute atomic E-state index is 0.0241. The van der Waals surface area contributed by atoms with E-state index in [0.717, 1.165) is 17.1 Å². The van der Waals surface area contributed by atoms with E-state index in [1.165, 1.54) is 111 Å². The highest BCUT2D eigenvalue weighted by atomic mass is 15.2. The Hall–Kier alpha value is -7.56. The van der Waals surface area contributed by atoms with Gasteiger partial charge in [0.25, 0.3) is 0 Å². The standard InChI is InChI=1S/C69H64BN3/c1-66(2,3)44-31-34-58(51(37-44)43-23-15-12-16-24-43)72-60-36-33-49(71(47-25-17-13-18-26-47)48-27-19-14-20-28-48)41-57(60)70-64-61(72)42-56-62(50-29-21-22-30-55(50)69(56,10)11)63(64)54-40-46(68(7,8)9)39-53-52-38-45(67(4,5)6)32-35-59(52)73(70)65(53)54/h12-42H,1-11H3. The van der Waals surface area contributed by atoms with Crippen LogP contribution in [0.1, 0.15) is 104 Å². The Bertz CT molecular complexity index is 3840. The van der Waals surface area contributed by atoms with E-state index in [2.05, 4.69) is 278 Å². The van der Waals surface area contributed by atoms with Gasteiger partial charge < -0.3 is 14.3 Å². The van der Waals surface area contributed by atoms with Gasteiger partial charge in [-0.15, -0.1) is 0 Å². The molecule has 0 spiro atoms. The summed E-state index contributed by atoms with van der Waals surface area (Å²) in [6.45, 7) is 25.9. The van der Waals surface area contributed by atoms with Crippen LogP contribution in [0.4, 0.5) is 34.1 Å². The third kappa shape index (κ3) is 6.79. The van der Waals surface area contributed by atoms with Gasteiger partial charge in [0.05, 0.1) is 5.69 Å². The van der Waals surface area contributed by atoms with Gasteiger partial charge in [-0.3, -0.25) is 0 Å². The quantitative estimate of drug-likeness (QED) is 0.159. The molecule has 4 heteroatoms. The first-order valence-corrected chi connectivity index (χ1v) is 26.4. The van der Waals surface area contributed by atoms with Crippen LogP contribution in [0.25, 0.3) is 55.2 Å². The maximum absolute atomic E-state index is 2.76. The van der Waals surface area contributed by atoms with Crippen LogP contribution in [-0.4, -0.2) is 11.3 Å². The lowest BCUT2D eigenvalue weighted by molar-refractivity contribution is 0.590. The summed E-state index contributed by atoms with van der Waals surface area (Å²) in [4.78, 5) is 5.10. The van der Waals surface area contributed by atoms with Crippen LogP contribution < -0.4 is 20.7 Å². The van der Waals surface area contributed by atoms with Crippen LogP contribution in [0, 0.1) is 0 Å². The molecule has 0 atom stereocenters. The molecular weight excluding hydrogens is 882 g/mol. The minimum atomic E-state index is -0.250. The Morgan fingerprint density at radius 2 is 0.986 bits per heavy atom. The second-order valence-electron chi connectivity index (χ2n) is 24.6. The summed E-state index contributed by atoms with van der Waals surface area (Å²) in [7, 11) is 0. The first-order valence-electron chi connectivity index (χ1n) is 26.4. The number of benzene rings is 9. The predicted molar refractivity (Wildman–Crippen MR) is 314 cm³/mol. The molecule has 0 unspecified atom stereocenters. The van der Waals surface area contributed by atoms with Crippen LogP contribution in [0.3, 0.4) is 0 Å². The average molecular weight is 946 g/mol. The number of nitrogens with zero attached hydrogens (tertiary/aromatic N) is 3. The van der Waals surface area contributed by atoms with Gasteiger partial charge in [0.15, 0.2) is 0 Å². The summed E-state index contributed by atoms with van der Waals surface area (Å²) >= 11 is 0. The van der Waals surface area contributed by atoms with E-state index in [4.69, 9.17) is 0 Å². The Kier molecular flexibility index (Phi) is 9.76. The predicted octanol–water partition coefficient (Wildman–Crippen LogP) is 17.5. The molecule has 0 radical (unpaired) electrons. The molecule has 0 amide bonds. The van der Waals surface area contributed by atoms with Gasteiger partial charge in [-0.25, -0.2) is 0 Å². The monoisotopic (exact) mass is 946 g/mol. The molecule has 0 saturated carbocycles. The SMILES string of the molecule is CC(C)(C)c1ccc(N2c3ccc(N(c4ccccc4)c4ccccc4)cc3B3c4c2cc2c(c4-c4cc(C(C)(C)C)cc5c6cc(C(C)(C)C)ccc6n3c45)-c3ccccc3C2(C)C)c(-c2ccccc2)c1. The fourth-order valence-electron chi connectivity index (χ4n) is 12.7. The zero-order chi connectivity index (χ0) is 50.5. The Labute approximate surface area is 432 Å². The Balaban J connectivity index is 1.24. The van der Waals surface area contributed by atoms with E-state index in [1.807, 2.05) is 0 Å². The van der Waals surface area contributed by atoms with Gasteiger partial charge >= 0.3 is 6.85 Å². The molecule has 3 nitrogen and oxygen atoms in total. The van der Waals surface area contributed by atoms with Crippen molar-refractivity contribution >= 4 is 73.7 Å². The highest BCUT2D eigenvalue weighted by Crippen LogP contribution is 2.58. The maximum atomic E-state index is 2.76. The highest BCUT2D eigenvalue weighted by Gasteiger charge is 2.48. The number of para-hydroxylation sites is 2. The molecular formula is C69H64BN3. The van der Waals surface area contributed by atoms with Crippen molar-refractivity contribution < 1.29 is 0 Å². The molecule has 2 aliphatic heterocycles. The van der Waals surface area contributed by atoms with Gasteiger partial charge in [-0.1, -0.05) is 179 Å². The van der Waals surface area contributed by atoms with Crippen LogP contribution in [-0.2, 0) is 21.7 Å². The van der Waals surface area contributed by atoms with Crippen molar-refractivity contribution in [2.24, 2.45) is 0 Å². The summed E-state index contributed by atoms with van der Waals surface area (Å²) in [6, 6.07) is 71.8. The zero-order valence-electron chi connectivity index (χ0n) is 44.3. The molecule has 0 fully saturated rings. The number of hydrogen-bond donors (Lipinski definition) is 0. The molecule has 9 aromatic carbocycles. The Morgan fingerprint density at radius 3 is 1.64 bits per heavy atom. The summed E-state index contributed by atoms with van der Waals surface area (Å²) in [5.74, 6) is 0. The molecule has 73 heavy (non-hydrogen) atoms. The fraction of sp³-hybridized carbons (Fsp3) is 0.217. The third-order valence-corrected chi connectivity index (χ3v) is 16.6. The smallest absolute Gasteiger partial charge is 0.333 e. The lowest BCUT2D eigenvalue weighted by Gasteiger charge is -2.43. The first-order chi connectivity index (χ1) is 34.9. The highest BCUT2D eigenvalue weighted by molar-refractivity contribution is 6.90. The van der Waals surface area contributed by atoms with Gasteiger partial charge in [0, 0.05) is 66.8 Å². The van der Waals surface area contributed by atoms with E-state index in [0.29, 0.717) is 0 Å². The largest absolute Gasteiger partial charge is 0.375 e. The lowest BCUT2D eigenvalue weighted by atomic mass is 9.44. The second-order valence-corrected chi connectivity index (χ2v) is 24.6. The van der Waals surface area contributed by atoms with Crippen LogP contribution in [0.2, 0.25) is 0 Å². The second kappa shape index (κ2) is 15.7. The zero-order valence-corrected chi connectivity index (χ0v) is 44.3. The van der Waals surface area contributed by atoms with Crippen LogP contribution >= 0.6 is 0 Å². The molecule has 0 N–H and O–H groups in total. The van der Waals surface area contributed by atoms with E-state index in [-0.39, 0.29) is 28.5 Å². The summed E-state index contributed by atoms with van der Waals surface area (Å²) < 4.78 is 2.76. The van der Waals surface area contributed by atoms with E-state index < -0.39 is 0 Å². The maximum Gasteiger partial charge on any atom is 0.333 e. The minimum Gasteiger partial charge on any atom is -0.375 e. The molecule has 0 bridgehead atoms. The van der Waals surface area contributed by atoms with Crippen molar-refractivity contribution in [1.29, 1.82) is 0 Å². The summed E-state index contributed by atoms with van der Waals surface area (Å²) in [6.07, 6.45) is 0. The van der Waals surface area contributed by atoms with E-state index >= 15 is 0 Å². The molecule has 10 aromatic rings. The molecule has 1 aliphatic carbocycles. The molecule has 3 heterocycles. The van der Waals surface area contributed by atoms with E-state index in [9.17, 15) is 0 Å². The van der Waals surface area contributed by atoms with Crippen molar-refractivity contribution in [3.8, 4) is 33.4 Å². The number of aromatic nitrogens is 1. The number of hydrogen-bond acceptors (Lipinski definition) is 2. The van der Waals surface area contributed by atoms with Crippen LogP contribution in [0.5, 0.6) is 0 Å². The van der Waals surface area contributed by atoms with Crippen LogP contribution in [0.15, 0.2) is 188 Å². The molecule has 1 aromatic heterocycles. The van der Waals surface area contributed by atoms with Crippen molar-refractivity contribution in [2.45, 2.75) is 97.8 Å². The topological polar surface area (TPSA) is 11.4 Å². The normalized spacial score (nSPS) is 14.3. The lowest BCUT2D eigenvalue weighted by Crippen LogP contribution is -2.57. The van der Waals surface area contributed by atoms with Gasteiger partial charge in [0.2, 0.25) is 0 Å². The summed E-state index contributed by atoms with van der Waals surface area (Å²) in [5, 5.41) is 2.65. The molecule has 3 aliphatic rings. The number of anilines is 6. The average Bonchev–Trinajstić information content (AvgIpc) is 3.84. The van der Waals surface area contributed by atoms with Gasteiger partial charge in [0.1, 0.15) is 0 Å². The molecule has 13 rings (SSSR count). The Morgan fingerprint density at radius 1 is 0.425 bits per heavy atom. The van der Waals surface area contributed by atoms with Crippen molar-refractivity contribution in [3.63, 3.8) is 0 Å². The van der Waals surface area contributed by atoms with Crippen molar-refractivity contribution in [1.82, 2.24) is 4.48 Å². The van der Waals surface area contributed by atoms with Crippen molar-refractivity contribution in [2.75, 3.05) is 9.80 Å². The number of rotatable bonds is 5. The van der Waals surface area contributed by atoms with Crippen molar-refractivity contribution in [3.05, 3.63) is 216 Å². The third-order valence-electron chi connectivity index (χ3n) is 16.6. The van der Waals surface area contributed by atoms with Gasteiger partial charge in [-0.2, -0.15) is 0 Å².